The molecule has 2 heterocycles. The van der Waals surface area contributed by atoms with Crippen molar-refractivity contribution >= 4 is 12.1 Å². The number of amides is 1. The topological polar surface area (TPSA) is 65.1 Å². The highest BCUT2D eigenvalue weighted by Crippen LogP contribution is 2.70. The van der Waals surface area contributed by atoms with Gasteiger partial charge in [-0.1, -0.05) is 58.0 Å². The number of hydrogen-bond acceptors (Lipinski definition) is 5. The zero-order valence-electron chi connectivity index (χ0n) is 26.8. The van der Waals surface area contributed by atoms with Gasteiger partial charge in [0.05, 0.1) is 5.70 Å². The standard InChI is InChI=1S/C37H51NO5/c1-22-17-32-34(38(20-22)35(40)41-21-25-9-7-6-8-10-25)23(2)33-31(43-32)19-30-28-12-11-26-18-27(42-24(3)39)13-15-36(26,4)29(28)14-16-37(30,33)5/h6-10,22-23,26-31,33H,11-21H2,1-5H3/t22-,23+,26+,27+,28-,29+,30+,31-,33+,36+,37+/m1/s1. The van der Waals surface area contributed by atoms with Crippen molar-refractivity contribution in [1.82, 2.24) is 4.90 Å². The van der Waals surface area contributed by atoms with Crippen LogP contribution in [-0.4, -0.2) is 35.7 Å². The molecule has 234 valence electrons. The van der Waals surface area contributed by atoms with Gasteiger partial charge in [-0.25, -0.2) is 4.79 Å². The van der Waals surface area contributed by atoms with E-state index in [9.17, 15) is 9.59 Å². The third kappa shape index (κ3) is 4.81. The molecule has 4 aliphatic carbocycles. The second-order valence-corrected chi connectivity index (χ2v) is 15.7. The minimum Gasteiger partial charge on any atom is -0.493 e. The molecule has 1 amide bonds. The lowest BCUT2D eigenvalue weighted by Crippen LogP contribution is -2.55. The maximum absolute atomic E-state index is 13.6. The van der Waals surface area contributed by atoms with Gasteiger partial charge >= 0.3 is 12.1 Å². The van der Waals surface area contributed by atoms with Gasteiger partial charge in [0.15, 0.2) is 0 Å². The van der Waals surface area contributed by atoms with Crippen LogP contribution in [0, 0.1) is 52.3 Å². The third-order valence-corrected chi connectivity index (χ3v) is 13.3. The van der Waals surface area contributed by atoms with Gasteiger partial charge in [-0.15, -0.1) is 0 Å². The Morgan fingerprint density at radius 2 is 1.74 bits per heavy atom. The largest absolute Gasteiger partial charge is 0.493 e. The van der Waals surface area contributed by atoms with E-state index in [1.165, 1.54) is 32.1 Å². The Morgan fingerprint density at radius 1 is 0.977 bits per heavy atom. The van der Waals surface area contributed by atoms with Crippen molar-refractivity contribution in [3.05, 3.63) is 47.4 Å². The third-order valence-electron chi connectivity index (χ3n) is 13.3. The fourth-order valence-electron chi connectivity index (χ4n) is 11.6. The summed E-state index contributed by atoms with van der Waals surface area (Å²) in [7, 11) is 0. The summed E-state index contributed by atoms with van der Waals surface area (Å²) in [5.41, 5.74) is 2.66. The number of carbonyl (C=O) groups is 2. The maximum Gasteiger partial charge on any atom is 0.414 e. The van der Waals surface area contributed by atoms with Crippen molar-refractivity contribution in [3.63, 3.8) is 0 Å². The second kappa shape index (κ2) is 10.8. The number of allylic oxidation sites excluding steroid dienone is 2. The first kappa shape index (κ1) is 29.2. The molecule has 4 fully saturated rings. The highest BCUT2D eigenvalue weighted by molar-refractivity contribution is 5.71. The van der Waals surface area contributed by atoms with Crippen LogP contribution in [0.15, 0.2) is 41.8 Å². The van der Waals surface area contributed by atoms with E-state index in [4.69, 9.17) is 14.2 Å². The van der Waals surface area contributed by atoms with E-state index in [1.54, 1.807) is 6.92 Å². The zero-order chi connectivity index (χ0) is 30.1. The lowest BCUT2D eigenvalue weighted by molar-refractivity contribution is -0.160. The number of hydrogen-bond donors (Lipinski definition) is 0. The molecule has 1 aromatic rings. The van der Waals surface area contributed by atoms with Crippen LogP contribution in [0.2, 0.25) is 0 Å². The molecule has 11 atom stereocenters. The SMILES string of the molecule is CC(=O)O[C@H]1CC[C@@]2(C)[C@@H](CC[C@@H]3[C@@H]2CC[C@]2(C)[C@H]4[C@H](C)C5=C(C[C@@H](C)CN5C(=O)OCc5ccccc5)O[C@@H]4C[C@@H]32)C1. The average Bonchev–Trinajstić information content (AvgIpc) is 3.28. The minimum atomic E-state index is -0.240. The lowest BCUT2D eigenvalue weighted by Gasteiger charge is -2.61. The number of fused-ring (bicyclic) bond motifs is 7. The average molecular weight is 590 g/mol. The van der Waals surface area contributed by atoms with Gasteiger partial charge in [0.25, 0.3) is 0 Å². The molecule has 43 heavy (non-hydrogen) atoms. The Balaban J connectivity index is 1.10. The van der Waals surface area contributed by atoms with Crippen LogP contribution in [0.3, 0.4) is 0 Å². The maximum atomic E-state index is 13.6. The molecule has 6 nitrogen and oxygen atoms in total. The molecule has 0 bridgehead atoms. The van der Waals surface area contributed by atoms with E-state index in [0.717, 1.165) is 54.5 Å². The fraction of sp³-hybridized carbons (Fsp3) is 0.730. The monoisotopic (exact) mass is 589 g/mol. The fourth-order valence-corrected chi connectivity index (χ4v) is 11.6. The van der Waals surface area contributed by atoms with E-state index < -0.39 is 0 Å². The highest BCUT2D eigenvalue weighted by Gasteiger charge is 2.65. The molecule has 0 spiro atoms. The summed E-state index contributed by atoms with van der Waals surface area (Å²) < 4.78 is 18.6. The van der Waals surface area contributed by atoms with Crippen molar-refractivity contribution in [3.8, 4) is 0 Å². The predicted molar refractivity (Wildman–Crippen MR) is 164 cm³/mol. The normalized spacial score (nSPS) is 43.3. The molecule has 6 aliphatic rings. The summed E-state index contributed by atoms with van der Waals surface area (Å²) in [6.45, 7) is 12.3. The van der Waals surface area contributed by atoms with Gasteiger partial charge < -0.3 is 14.2 Å². The number of carbonyl (C=O) groups excluding carboxylic acids is 2. The van der Waals surface area contributed by atoms with Gasteiger partial charge in [0.2, 0.25) is 0 Å². The summed E-state index contributed by atoms with van der Waals surface area (Å²) in [5, 5.41) is 0. The number of nitrogens with zero attached hydrogens (tertiary/aromatic N) is 1. The quantitative estimate of drug-likeness (QED) is 0.333. The smallest absolute Gasteiger partial charge is 0.414 e. The molecule has 1 aromatic carbocycles. The number of benzene rings is 1. The Hall–Kier alpha value is -2.50. The Bertz CT molecular complexity index is 1280. The number of esters is 1. The predicted octanol–water partition coefficient (Wildman–Crippen LogP) is 8.11. The van der Waals surface area contributed by atoms with Gasteiger partial charge in [-0.05, 0) is 97.3 Å². The molecule has 6 heteroatoms. The molecule has 0 N–H and O–H groups in total. The van der Waals surface area contributed by atoms with E-state index in [1.807, 2.05) is 35.2 Å². The van der Waals surface area contributed by atoms with Gasteiger partial charge in [-0.2, -0.15) is 0 Å². The van der Waals surface area contributed by atoms with Crippen LogP contribution in [0.5, 0.6) is 0 Å². The molecule has 7 rings (SSSR count). The summed E-state index contributed by atoms with van der Waals surface area (Å²) in [4.78, 5) is 27.2. The second-order valence-electron chi connectivity index (χ2n) is 15.7. The van der Waals surface area contributed by atoms with Gasteiger partial charge in [-0.3, -0.25) is 9.69 Å². The van der Waals surface area contributed by atoms with Crippen LogP contribution < -0.4 is 0 Å². The summed E-state index contributed by atoms with van der Waals surface area (Å²) in [5.74, 6) is 4.72. The molecule has 0 radical (unpaired) electrons. The lowest BCUT2D eigenvalue weighted by atomic mass is 9.44. The Kier molecular flexibility index (Phi) is 7.37. The Morgan fingerprint density at radius 3 is 2.51 bits per heavy atom. The summed E-state index contributed by atoms with van der Waals surface area (Å²) in [6.07, 6.45) is 10.4. The molecule has 2 aliphatic heterocycles. The van der Waals surface area contributed by atoms with Crippen LogP contribution in [0.25, 0.3) is 0 Å². The van der Waals surface area contributed by atoms with Crippen molar-refractivity contribution in [2.24, 2.45) is 52.3 Å². The van der Waals surface area contributed by atoms with Gasteiger partial charge in [0.1, 0.15) is 24.6 Å². The first-order valence-electron chi connectivity index (χ1n) is 17.1. The molecule has 4 saturated carbocycles. The van der Waals surface area contributed by atoms with Crippen LogP contribution in [-0.2, 0) is 25.6 Å². The first-order chi connectivity index (χ1) is 20.6. The van der Waals surface area contributed by atoms with Crippen molar-refractivity contribution < 1.29 is 23.8 Å². The molecule has 0 saturated heterocycles. The van der Waals surface area contributed by atoms with E-state index in [2.05, 4.69) is 27.7 Å². The van der Waals surface area contributed by atoms with E-state index >= 15 is 0 Å². The van der Waals surface area contributed by atoms with E-state index in [-0.39, 0.29) is 35.6 Å². The molecule has 0 aromatic heterocycles. The van der Waals surface area contributed by atoms with Crippen LogP contribution >= 0.6 is 0 Å². The number of rotatable bonds is 3. The summed E-state index contributed by atoms with van der Waals surface area (Å²) in [6, 6.07) is 9.96. The van der Waals surface area contributed by atoms with Gasteiger partial charge in [0, 0.05) is 31.7 Å². The highest BCUT2D eigenvalue weighted by atomic mass is 16.6. The van der Waals surface area contributed by atoms with Crippen LogP contribution in [0.4, 0.5) is 4.79 Å². The molecular formula is C37H51NO5. The summed E-state index contributed by atoms with van der Waals surface area (Å²) >= 11 is 0. The van der Waals surface area contributed by atoms with Crippen molar-refractivity contribution in [2.45, 2.75) is 111 Å². The molecule has 0 unspecified atom stereocenters. The van der Waals surface area contributed by atoms with Crippen molar-refractivity contribution in [2.75, 3.05) is 6.54 Å². The first-order valence-corrected chi connectivity index (χ1v) is 17.1. The van der Waals surface area contributed by atoms with E-state index in [0.29, 0.717) is 42.2 Å². The zero-order valence-corrected chi connectivity index (χ0v) is 26.8. The van der Waals surface area contributed by atoms with Crippen molar-refractivity contribution in [1.29, 1.82) is 0 Å². The molecular weight excluding hydrogens is 538 g/mol. The Labute approximate surface area is 257 Å². The number of ether oxygens (including phenoxy) is 3. The minimum absolute atomic E-state index is 0.103. The van der Waals surface area contributed by atoms with Crippen LogP contribution in [0.1, 0.15) is 98.0 Å².